The van der Waals surface area contributed by atoms with Crippen molar-refractivity contribution in [2.45, 2.75) is 50.6 Å². The van der Waals surface area contributed by atoms with Crippen molar-refractivity contribution in [3.8, 4) is 0 Å². The Labute approximate surface area is 162 Å². The monoisotopic (exact) mass is 408 g/mol. The molecular formula is C14H28N6O6S. The molecule has 3 amide bonds. The van der Waals surface area contributed by atoms with Gasteiger partial charge in [0.15, 0.2) is 6.04 Å². The van der Waals surface area contributed by atoms with Crippen molar-refractivity contribution in [1.29, 1.82) is 0 Å². The molecular weight excluding hydrogens is 380 g/mol. The van der Waals surface area contributed by atoms with Gasteiger partial charge in [-0.2, -0.15) is 0 Å². The third-order valence-corrected chi connectivity index (χ3v) is 4.12. The molecule has 5 atom stereocenters. The number of hydrogen-bond donors (Lipinski definition) is 8. The van der Waals surface area contributed by atoms with Crippen LogP contribution in [0.4, 0.5) is 4.79 Å². The molecule has 0 bridgehead atoms. The number of carbonyl (C=O) groups is 3. The van der Waals surface area contributed by atoms with Crippen LogP contribution in [0.5, 0.6) is 0 Å². The van der Waals surface area contributed by atoms with Gasteiger partial charge in [0.1, 0.15) is 4.99 Å². The minimum Gasteiger partial charge on any atom is -0.480 e. The van der Waals surface area contributed by atoms with E-state index in [9.17, 15) is 24.6 Å². The highest BCUT2D eigenvalue weighted by atomic mass is 32.1. The summed E-state index contributed by atoms with van der Waals surface area (Å²) in [6.45, 7) is 2.88. The Hall–Kier alpha value is -2.06. The maximum absolute atomic E-state index is 12.0. The van der Waals surface area contributed by atoms with E-state index < -0.39 is 48.2 Å². The Bertz CT molecular complexity index is 546. The number of rotatable bonds is 11. The summed E-state index contributed by atoms with van der Waals surface area (Å²) in [6, 6.07) is -4.11. The zero-order chi connectivity index (χ0) is 21.3. The third-order valence-electron chi connectivity index (χ3n) is 3.56. The molecule has 0 saturated carbocycles. The summed E-state index contributed by atoms with van der Waals surface area (Å²) in [4.78, 5) is 34.4. The number of aliphatic hydroxyl groups excluding tert-OH is 2. The first kappa shape index (κ1) is 24.9. The molecule has 0 heterocycles. The Balaban J connectivity index is 4.99. The van der Waals surface area contributed by atoms with Crippen molar-refractivity contribution >= 4 is 35.1 Å². The molecule has 13 heteroatoms. The van der Waals surface area contributed by atoms with Gasteiger partial charge < -0.3 is 42.4 Å². The van der Waals surface area contributed by atoms with Gasteiger partial charge in [0.25, 0.3) is 0 Å². The fourth-order valence-electron chi connectivity index (χ4n) is 1.86. The van der Waals surface area contributed by atoms with Crippen molar-refractivity contribution in [3.05, 3.63) is 0 Å². The number of aliphatic hydroxyl groups is 2. The summed E-state index contributed by atoms with van der Waals surface area (Å²) in [5, 5.41) is 33.5. The van der Waals surface area contributed by atoms with Crippen LogP contribution in [-0.2, 0) is 9.59 Å². The number of nitrogens with one attached hydrogen (secondary N) is 3. The summed E-state index contributed by atoms with van der Waals surface area (Å²) < 4.78 is 0. The highest BCUT2D eigenvalue weighted by Crippen LogP contribution is 2.01. The average molecular weight is 408 g/mol. The number of aliphatic carboxylic acids is 1. The predicted octanol–water partition coefficient (Wildman–Crippen LogP) is -3.16. The SMILES string of the molecule is CC(O)C(N)CNN(C)C(=S)C(CC(N)=O)NC(=O)NC(C(=O)O)C(C)O. The number of hydrogen-bond acceptors (Lipinski definition) is 8. The molecule has 156 valence electrons. The number of primary amides is 1. The number of hydrazine groups is 1. The molecule has 0 aliphatic heterocycles. The van der Waals surface area contributed by atoms with Crippen LogP contribution in [0, 0.1) is 0 Å². The van der Waals surface area contributed by atoms with Crippen molar-refractivity contribution in [2.75, 3.05) is 13.6 Å². The van der Waals surface area contributed by atoms with Gasteiger partial charge >= 0.3 is 12.0 Å². The van der Waals surface area contributed by atoms with Crippen LogP contribution < -0.4 is 27.5 Å². The van der Waals surface area contributed by atoms with Crippen molar-refractivity contribution in [1.82, 2.24) is 21.1 Å². The first-order chi connectivity index (χ1) is 12.4. The Morgan fingerprint density at radius 1 is 1.15 bits per heavy atom. The number of carboxylic acid groups (broad SMARTS) is 1. The standard InChI is InChI=1S/C14H28N6O6S/c1-6(21)8(15)5-17-20(3)12(27)9(4-10(16)23)18-14(26)19-11(7(2)22)13(24)25/h6-9,11,17,21-22H,4-5,15H2,1-3H3,(H2,16,23)(H,24,25)(H2,18,19,26). The minimum absolute atomic E-state index is 0.0747. The summed E-state index contributed by atoms with van der Waals surface area (Å²) in [6.07, 6.45) is -2.45. The zero-order valence-electron chi connectivity index (χ0n) is 15.4. The van der Waals surface area contributed by atoms with E-state index in [-0.39, 0.29) is 18.0 Å². The molecule has 0 fully saturated rings. The van der Waals surface area contributed by atoms with Gasteiger partial charge in [-0.1, -0.05) is 12.2 Å². The van der Waals surface area contributed by atoms with E-state index in [1.54, 1.807) is 0 Å². The van der Waals surface area contributed by atoms with E-state index in [4.69, 9.17) is 28.8 Å². The Morgan fingerprint density at radius 3 is 2.11 bits per heavy atom. The van der Waals surface area contributed by atoms with Gasteiger partial charge in [0, 0.05) is 19.6 Å². The maximum atomic E-state index is 12.0. The summed E-state index contributed by atoms with van der Waals surface area (Å²) in [5.74, 6) is -2.18. The number of carbonyl (C=O) groups excluding carboxylic acids is 2. The highest BCUT2D eigenvalue weighted by Gasteiger charge is 2.28. The second kappa shape index (κ2) is 11.6. The van der Waals surface area contributed by atoms with Gasteiger partial charge in [-0.25, -0.2) is 15.0 Å². The van der Waals surface area contributed by atoms with E-state index in [0.717, 1.165) is 0 Å². The normalized spacial score (nSPS) is 16.4. The highest BCUT2D eigenvalue weighted by molar-refractivity contribution is 7.80. The lowest BCUT2D eigenvalue weighted by atomic mass is 10.1. The average Bonchev–Trinajstić information content (AvgIpc) is 2.54. The summed E-state index contributed by atoms with van der Waals surface area (Å²) in [5.41, 5.74) is 13.7. The topological polar surface area (TPSA) is 203 Å². The second-order valence-corrected chi connectivity index (χ2v) is 6.48. The number of thiocarbonyl (C=S) groups is 1. The smallest absolute Gasteiger partial charge is 0.328 e. The third kappa shape index (κ3) is 9.44. The molecule has 0 aromatic carbocycles. The molecule has 0 saturated heterocycles. The quantitative estimate of drug-likeness (QED) is 0.127. The van der Waals surface area contributed by atoms with E-state index >= 15 is 0 Å². The molecule has 12 nitrogen and oxygen atoms in total. The number of urea groups is 1. The largest absolute Gasteiger partial charge is 0.480 e. The van der Waals surface area contributed by atoms with Gasteiger partial charge in [-0.05, 0) is 13.8 Å². The lowest BCUT2D eigenvalue weighted by Crippen LogP contribution is -2.58. The van der Waals surface area contributed by atoms with Gasteiger partial charge in [0.2, 0.25) is 5.91 Å². The lowest BCUT2D eigenvalue weighted by molar-refractivity contribution is -0.141. The second-order valence-electron chi connectivity index (χ2n) is 6.06. The van der Waals surface area contributed by atoms with E-state index in [2.05, 4.69) is 16.1 Å². The van der Waals surface area contributed by atoms with Crippen LogP contribution in [0.3, 0.4) is 0 Å². The van der Waals surface area contributed by atoms with E-state index in [0.29, 0.717) is 0 Å². The number of carboxylic acids is 1. The van der Waals surface area contributed by atoms with E-state index in [1.807, 2.05) is 0 Å². The van der Waals surface area contributed by atoms with Crippen molar-refractivity contribution in [3.63, 3.8) is 0 Å². The van der Waals surface area contributed by atoms with Crippen LogP contribution in [0.2, 0.25) is 0 Å². The molecule has 5 unspecified atom stereocenters. The fourth-order valence-corrected chi connectivity index (χ4v) is 2.06. The van der Waals surface area contributed by atoms with Crippen LogP contribution in [0.25, 0.3) is 0 Å². The van der Waals surface area contributed by atoms with E-state index in [1.165, 1.54) is 25.9 Å². The summed E-state index contributed by atoms with van der Waals surface area (Å²) in [7, 11) is 1.51. The van der Waals surface area contributed by atoms with Gasteiger partial charge in [0.05, 0.1) is 24.7 Å². The van der Waals surface area contributed by atoms with Crippen LogP contribution in [-0.4, -0.2) is 87.2 Å². The first-order valence-electron chi connectivity index (χ1n) is 8.07. The predicted molar refractivity (Wildman–Crippen MR) is 100 cm³/mol. The number of amides is 3. The molecule has 0 rings (SSSR count). The van der Waals surface area contributed by atoms with Gasteiger partial charge in [-0.15, -0.1) is 0 Å². The lowest BCUT2D eigenvalue weighted by Gasteiger charge is -2.29. The molecule has 27 heavy (non-hydrogen) atoms. The van der Waals surface area contributed by atoms with Gasteiger partial charge in [-0.3, -0.25) is 4.79 Å². The summed E-state index contributed by atoms with van der Waals surface area (Å²) >= 11 is 5.21. The number of likely N-dealkylation sites (N-methyl/N-ethyl adjacent to an activating group) is 1. The number of nitrogens with zero attached hydrogens (tertiary/aromatic N) is 1. The van der Waals surface area contributed by atoms with Crippen LogP contribution in [0.1, 0.15) is 20.3 Å². The minimum atomic E-state index is -1.55. The van der Waals surface area contributed by atoms with Crippen LogP contribution >= 0.6 is 12.2 Å². The molecule has 0 spiro atoms. The Kier molecular flexibility index (Phi) is 10.7. The molecule has 0 radical (unpaired) electrons. The fraction of sp³-hybridized carbons (Fsp3) is 0.714. The molecule has 0 aliphatic rings. The molecule has 0 aromatic heterocycles. The Morgan fingerprint density at radius 2 is 1.70 bits per heavy atom. The number of nitrogens with two attached hydrogens (primary N) is 2. The van der Waals surface area contributed by atoms with Crippen molar-refractivity contribution < 1.29 is 29.7 Å². The maximum Gasteiger partial charge on any atom is 0.328 e. The first-order valence-corrected chi connectivity index (χ1v) is 8.48. The molecule has 0 aliphatic carbocycles. The van der Waals surface area contributed by atoms with Crippen molar-refractivity contribution in [2.24, 2.45) is 11.5 Å². The molecule has 0 aromatic rings. The van der Waals surface area contributed by atoms with Crippen LogP contribution in [0.15, 0.2) is 0 Å². The molecule has 10 N–H and O–H groups in total. The zero-order valence-corrected chi connectivity index (χ0v) is 16.2.